The topological polar surface area (TPSA) is 33.4 Å². The Bertz CT molecular complexity index is 392. The number of hydrogen-bond acceptors (Lipinski definition) is 2. The van der Waals surface area contributed by atoms with Crippen molar-refractivity contribution in [3.8, 4) is 0 Å². The third kappa shape index (κ3) is 1.60. The highest BCUT2D eigenvalue weighted by molar-refractivity contribution is 5.37. The van der Waals surface area contributed by atoms with E-state index in [0.717, 1.165) is 31.6 Å². The zero-order chi connectivity index (χ0) is 11.1. The van der Waals surface area contributed by atoms with E-state index < -0.39 is 0 Å². The third-order valence-corrected chi connectivity index (χ3v) is 4.24. The van der Waals surface area contributed by atoms with Crippen molar-refractivity contribution in [1.82, 2.24) is 0 Å². The van der Waals surface area contributed by atoms with Gasteiger partial charge in [-0.15, -0.1) is 0 Å². The van der Waals surface area contributed by atoms with Crippen molar-refractivity contribution in [1.29, 1.82) is 0 Å². The van der Waals surface area contributed by atoms with Crippen LogP contribution in [-0.2, 0) is 25.7 Å². The molecule has 2 unspecified atom stereocenters. The van der Waals surface area contributed by atoms with Gasteiger partial charge in [-0.1, -0.05) is 6.92 Å². The fourth-order valence-corrected chi connectivity index (χ4v) is 3.20. The number of rotatable bonds is 1. The molecule has 0 saturated carbocycles. The summed E-state index contributed by atoms with van der Waals surface area (Å²) in [6.45, 7) is 2.64. The minimum Gasteiger partial charge on any atom is -0.465 e. The molecule has 1 aromatic heterocycles. The Balaban J connectivity index is 1.94. The summed E-state index contributed by atoms with van der Waals surface area (Å²) in [7, 11) is 0. The van der Waals surface area contributed by atoms with Crippen molar-refractivity contribution in [2.24, 2.45) is 11.8 Å². The largest absolute Gasteiger partial charge is 0.465 e. The molecular formula is C14H20O2. The van der Waals surface area contributed by atoms with Gasteiger partial charge in [-0.3, -0.25) is 0 Å². The van der Waals surface area contributed by atoms with E-state index in [2.05, 4.69) is 6.92 Å². The zero-order valence-corrected chi connectivity index (χ0v) is 9.96. The highest BCUT2D eigenvalue weighted by atomic mass is 16.3. The number of aliphatic hydroxyl groups is 1. The van der Waals surface area contributed by atoms with Gasteiger partial charge in [0, 0.05) is 19.4 Å². The van der Waals surface area contributed by atoms with Crippen LogP contribution in [0.5, 0.6) is 0 Å². The van der Waals surface area contributed by atoms with Gasteiger partial charge in [0.05, 0.1) is 0 Å². The van der Waals surface area contributed by atoms with E-state index in [-0.39, 0.29) is 0 Å². The first-order chi connectivity index (χ1) is 7.78. The van der Waals surface area contributed by atoms with Gasteiger partial charge in [0.1, 0.15) is 11.5 Å². The molecule has 2 heteroatoms. The third-order valence-electron chi connectivity index (χ3n) is 4.24. The van der Waals surface area contributed by atoms with Crippen LogP contribution in [0.4, 0.5) is 0 Å². The molecule has 0 bridgehead atoms. The average Bonchev–Trinajstić information content (AvgIpc) is 2.66. The number of fused-ring (bicyclic) bond motifs is 3. The monoisotopic (exact) mass is 220 g/mol. The van der Waals surface area contributed by atoms with Crippen LogP contribution in [-0.4, -0.2) is 11.7 Å². The van der Waals surface area contributed by atoms with Gasteiger partial charge < -0.3 is 9.52 Å². The predicted octanol–water partition coefficient (Wildman–Crippen LogP) is 2.50. The smallest absolute Gasteiger partial charge is 0.108 e. The Labute approximate surface area is 96.7 Å². The molecule has 2 aliphatic rings. The summed E-state index contributed by atoms with van der Waals surface area (Å²) in [5, 5.41) is 9.22. The van der Waals surface area contributed by atoms with Gasteiger partial charge in [-0.2, -0.15) is 0 Å². The molecule has 1 aromatic rings. The highest BCUT2D eigenvalue weighted by Crippen LogP contribution is 2.37. The Hall–Kier alpha value is -0.760. The van der Waals surface area contributed by atoms with E-state index in [1.807, 2.05) is 0 Å². The second-order valence-corrected chi connectivity index (χ2v) is 5.54. The maximum absolute atomic E-state index is 9.22. The molecule has 1 heterocycles. The van der Waals surface area contributed by atoms with Crippen molar-refractivity contribution in [3.63, 3.8) is 0 Å². The Morgan fingerprint density at radius 2 is 2.00 bits per heavy atom. The molecule has 0 aromatic carbocycles. The van der Waals surface area contributed by atoms with Crippen LogP contribution in [0.25, 0.3) is 0 Å². The molecule has 0 fully saturated rings. The number of aryl methyl sites for hydroxylation is 1. The molecule has 0 aliphatic heterocycles. The van der Waals surface area contributed by atoms with Crippen molar-refractivity contribution in [2.75, 3.05) is 6.61 Å². The van der Waals surface area contributed by atoms with E-state index in [9.17, 15) is 5.11 Å². The van der Waals surface area contributed by atoms with Crippen LogP contribution in [0.15, 0.2) is 4.42 Å². The van der Waals surface area contributed by atoms with E-state index in [1.165, 1.54) is 35.5 Å². The van der Waals surface area contributed by atoms with Gasteiger partial charge in [0.25, 0.3) is 0 Å². The molecule has 2 nitrogen and oxygen atoms in total. The normalized spacial score (nSPS) is 28.6. The first-order valence-corrected chi connectivity index (χ1v) is 6.51. The molecule has 1 N–H and O–H groups in total. The van der Waals surface area contributed by atoms with Crippen molar-refractivity contribution < 1.29 is 9.52 Å². The second-order valence-electron chi connectivity index (χ2n) is 5.54. The van der Waals surface area contributed by atoms with Crippen LogP contribution >= 0.6 is 0 Å². The van der Waals surface area contributed by atoms with Gasteiger partial charge >= 0.3 is 0 Å². The van der Waals surface area contributed by atoms with E-state index in [0.29, 0.717) is 12.5 Å². The van der Waals surface area contributed by atoms with E-state index >= 15 is 0 Å². The quantitative estimate of drug-likeness (QED) is 0.789. The lowest BCUT2D eigenvalue weighted by Crippen LogP contribution is -2.17. The zero-order valence-electron chi connectivity index (χ0n) is 9.96. The van der Waals surface area contributed by atoms with Crippen LogP contribution in [0.1, 0.15) is 42.4 Å². The molecule has 0 radical (unpaired) electrons. The minimum atomic E-state index is 0.307. The summed E-state index contributed by atoms with van der Waals surface area (Å²) in [6.07, 6.45) is 6.79. The van der Waals surface area contributed by atoms with Crippen LogP contribution in [0.3, 0.4) is 0 Å². The van der Waals surface area contributed by atoms with Crippen molar-refractivity contribution >= 4 is 0 Å². The first-order valence-electron chi connectivity index (χ1n) is 6.51. The molecule has 0 spiro atoms. The molecule has 0 saturated heterocycles. The predicted molar refractivity (Wildman–Crippen MR) is 62.5 cm³/mol. The lowest BCUT2D eigenvalue weighted by Gasteiger charge is -2.21. The minimum absolute atomic E-state index is 0.307. The summed E-state index contributed by atoms with van der Waals surface area (Å²) in [5.41, 5.74) is 3.01. The summed E-state index contributed by atoms with van der Waals surface area (Å²) >= 11 is 0. The van der Waals surface area contributed by atoms with Gasteiger partial charge in [-0.05, 0) is 48.6 Å². The molecule has 0 amide bonds. The van der Waals surface area contributed by atoms with Gasteiger partial charge in [0.15, 0.2) is 0 Å². The molecule has 2 atom stereocenters. The fourth-order valence-electron chi connectivity index (χ4n) is 3.20. The Morgan fingerprint density at radius 3 is 2.81 bits per heavy atom. The SMILES string of the molecule is CC1CCc2oc3c(c2C1)CCC(CO)C3. The maximum Gasteiger partial charge on any atom is 0.108 e. The molecule has 16 heavy (non-hydrogen) atoms. The van der Waals surface area contributed by atoms with E-state index in [4.69, 9.17) is 4.42 Å². The fraction of sp³-hybridized carbons (Fsp3) is 0.714. The molecule has 3 rings (SSSR count). The number of furan rings is 1. The van der Waals surface area contributed by atoms with E-state index in [1.54, 1.807) is 0 Å². The van der Waals surface area contributed by atoms with Crippen LogP contribution < -0.4 is 0 Å². The van der Waals surface area contributed by atoms with Gasteiger partial charge in [0.2, 0.25) is 0 Å². The lowest BCUT2D eigenvalue weighted by atomic mass is 9.82. The summed E-state index contributed by atoms with van der Waals surface area (Å²) < 4.78 is 6.00. The Morgan fingerprint density at radius 1 is 1.12 bits per heavy atom. The van der Waals surface area contributed by atoms with Gasteiger partial charge in [-0.25, -0.2) is 0 Å². The first kappa shape index (κ1) is 10.4. The lowest BCUT2D eigenvalue weighted by molar-refractivity contribution is 0.205. The van der Waals surface area contributed by atoms with Crippen LogP contribution in [0.2, 0.25) is 0 Å². The summed E-state index contributed by atoms with van der Waals surface area (Å²) in [5.74, 6) is 3.67. The van der Waals surface area contributed by atoms with Crippen molar-refractivity contribution in [2.45, 2.75) is 45.4 Å². The number of hydrogen-bond donors (Lipinski definition) is 1. The maximum atomic E-state index is 9.22. The standard InChI is InChI=1S/C14H20O2/c1-9-2-5-13-12(6-9)11-4-3-10(8-15)7-14(11)16-13/h9-10,15H,2-8H2,1H3. The Kier molecular flexibility index (Phi) is 2.55. The van der Waals surface area contributed by atoms with Crippen molar-refractivity contribution in [3.05, 3.63) is 22.6 Å². The summed E-state index contributed by atoms with van der Waals surface area (Å²) in [6, 6.07) is 0. The second kappa shape index (κ2) is 3.92. The average molecular weight is 220 g/mol. The molecule has 88 valence electrons. The summed E-state index contributed by atoms with van der Waals surface area (Å²) in [4.78, 5) is 0. The molecule has 2 aliphatic carbocycles. The highest BCUT2D eigenvalue weighted by Gasteiger charge is 2.29. The number of aliphatic hydroxyl groups excluding tert-OH is 1. The molecular weight excluding hydrogens is 200 g/mol. The van der Waals surface area contributed by atoms with Crippen LogP contribution in [0, 0.1) is 11.8 Å².